The molecule has 1 saturated heterocycles. The number of carbonyl (C=O) groups is 1. The van der Waals surface area contributed by atoms with Crippen molar-refractivity contribution >= 4 is 28.8 Å². The molecule has 4 nitrogen and oxygen atoms in total. The number of rotatable bonds is 7. The van der Waals surface area contributed by atoms with Crippen LogP contribution in [0.1, 0.15) is 23.8 Å². The van der Waals surface area contributed by atoms with E-state index in [0.717, 1.165) is 13.1 Å². The van der Waals surface area contributed by atoms with Crippen molar-refractivity contribution in [1.82, 2.24) is 10.2 Å². The summed E-state index contributed by atoms with van der Waals surface area (Å²) < 4.78 is 5.49. The third kappa shape index (κ3) is 4.72. The van der Waals surface area contributed by atoms with Crippen molar-refractivity contribution in [2.45, 2.75) is 18.9 Å². The summed E-state index contributed by atoms with van der Waals surface area (Å²) in [7, 11) is 0. The molecule has 1 fully saturated rings. The number of amides is 1. The van der Waals surface area contributed by atoms with Crippen LogP contribution in [0.25, 0.3) is 0 Å². The monoisotopic (exact) mass is 364 g/mol. The van der Waals surface area contributed by atoms with E-state index in [4.69, 9.17) is 16.3 Å². The minimum Gasteiger partial charge on any atom is -0.484 e. The predicted octanol–water partition coefficient (Wildman–Crippen LogP) is 3.73. The third-order valence-corrected chi connectivity index (χ3v) is 5.32. The predicted molar refractivity (Wildman–Crippen MR) is 97.8 cm³/mol. The molecule has 1 aliphatic heterocycles. The van der Waals surface area contributed by atoms with Gasteiger partial charge in [-0.15, -0.1) is 11.3 Å². The molecule has 6 heteroatoms. The van der Waals surface area contributed by atoms with Crippen LogP contribution in [-0.2, 0) is 4.79 Å². The van der Waals surface area contributed by atoms with Crippen molar-refractivity contribution in [3.63, 3.8) is 0 Å². The highest BCUT2D eigenvalue weighted by Crippen LogP contribution is 2.27. The molecule has 1 atom stereocenters. The lowest BCUT2D eigenvalue weighted by atomic mass is 10.2. The Morgan fingerprint density at radius 3 is 2.83 bits per heavy atom. The van der Waals surface area contributed by atoms with Gasteiger partial charge < -0.3 is 10.1 Å². The van der Waals surface area contributed by atoms with Gasteiger partial charge in [-0.25, -0.2) is 0 Å². The second-order valence-corrected chi connectivity index (χ2v) is 7.24. The van der Waals surface area contributed by atoms with Crippen molar-refractivity contribution in [3.05, 3.63) is 51.7 Å². The van der Waals surface area contributed by atoms with E-state index in [1.54, 1.807) is 35.6 Å². The van der Waals surface area contributed by atoms with E-state index in [1.807, 2.05) is 0 Å². The number of halogens is 1. The summed E-state index contributed by atoms with van der Waals surface area (Å²) in [5, 5.41) is 5.68. The second kappa shape index (κ2) is 8.51. The summed E-state index contributed by atoms with van der Waals surface area (Å²) in [6, 6.07) is 11.5. The van der Waals surface area contributed by atoms with Crippen LogP contribution in [0.2, 0.25) is 5.02 Å². The Balaban J connectivity index is 1.51. The van der Waals surface area contributed by atoms with Gasteiger partial charge in [0, 0.05) is 16.4 Å². The molecule has 2 heterocycles. The lowest BCUT2D eigenvalue weighted by Gasteiger charge is -2.26. The van der Waals surface area contributed by atoms with Crippen LogP contribution in [0, 0.1) is 0 Å². The molecule has 24 heavy (non-hydrogen) atoms. The van der Waals surface area contributed by atoms with Crippen LogP contribution < -0.4 is 10.1 Å². The SMILES string of the molecule is O=C(COc1cccc(Cl)c1)NC[C@H](c1cccs1)N1CCCC1. The fourth-order valence-corrected chi connectivity index (χ4v) is 3.95. The molecule has 1 N–H and O–H groups in total. The topological polar surface area (TPSA) is 41.6 Å². The Bertz CT molecular complexity index is 657. The highest BCUT2D eigenvalue weighted by molar-refractivity contribution is 7.10. The number of carbonyl (C=O) groups excluding carboxylic acids is 1. The molecule has 1 aromatic carbocycles. The van der Waals surface area contributed by atoms with Crippen LogP contribution in [0.15, 0.2) is 41.8 Å². The normalized spacial score (nSPS) is 16.0. The molecule has 0 bridgehead atoms. The Labute approximate surface area is 151 Å². The van der Waals surface area contributed by atoms with E-state index in [2.05, 4.69) is 27.7 Å². The van der Waals surface area contributed by atoms with Gasteiger partial charge in [0.1, 0.15) is 5.75 Å². The van der Waals surface area contributed by atoms with Crippen molar-refractivity contribution in [2.75, 3.05) is 26.2 Å². The summed E-state index contributed by atoms with van der Waals surface area (Å²) in [5.41, 5.74) is 0. The zero-order valence-electron chi connectivity index (χ0n) is 13.4. The van der Waals surface area contributed by atoms with E-state index in [1.165, 1.54) is 17.7 Å². The maximum absolute atomic E-state index is 12.1. The average molecular weight is 365 g/mol. The molecule has 1 amide bonds. The van der Waals surface area contributed by atoms with Gasteiger partial charge in [0.25, 0.3) is 5.91 Å². The number of likely N-dealkylation sites (tertiary alicyclic amines) is 1. The summed E-state index contributed by atoms with van der Waals surface area (Å²) in [6.07, 6.45) is 2.46. The first kappa shape index (κ1) is 17.3. The quantitative estimate of drug-likeness (QED) is 0.813. The van der Waals surface area contributed by atoms with Crippen molar-refractivity contribution < 1.29 is 9.53 Å². The summed E-state index contributed by atoms with van der Waals surface area (Å²) in [5.74, 6) is 0.489. The number of benzene rings is 1. The van der Waals surface area contributed by atoms with Gasteiger partial charge in [0.15, 0.2) is 6.61 Å². The standard InChI is InChI=1S/C18H21ClN2O2S/c19-14-5-3-6-15(11-14)23-13-18(22)20-12-16(17-7-4-10-24-17)21-8-1-2-9-21/h3-7,10-11,16H,1-2,8-9,12-13H2,(H,20,22)/t16-/m1/s1. The highest BCUT2D eigenvalue weighted by Gasteiger charge is 2.24. The summed E-state index contributed by atoms with van der Waals surface area (Å²) in [6.45, 7) is 2.80. The Morgan fingerprint density at radius 2 is 2.12 bits per heavy atom. The molecule has 0 unspecified atom stereocenters. The van der Waals surface area contributed by atoms with E-state index in [9.17, 15) is 4.79 Å². The molecule has 0 radical (unpaired) electrons. The van der Waals surface area contributed by atoms with Crippen LogP contribution in [-0.4, -0.2) is 37.0 Å². The Morgan fingerprint density at radius 1 is 1.29 bits per heavy atom. The van der Waals surface area contributed by atoms with E-state index in [0.29, 0.717) is 17.3 Å². The minimum atomic E-state index is -0.115. The number of nitrogens with zero attached hydrogens (tertiary/aromatic N) is 1. The molecule has 0 spiro atoms. The van der Waals surface area contributed by atoms with Crippen LogP contribution in [0.4, 0.5) is 0 Å². The zero-order chi connectivity index (χ0) is 16.8. The molecule has 3 rings (SSSR count). The molecule has 0 aliphatic carbocycles. The number of nitrogens with one attached hydrogen (secondary N) is 1. The maximum Gasteiger partial charge on any atom is 0.258 e. The van der Waals surface area contributed by atoms with E-state index >= 15 is 0 Å². The minimum absolute atomic E-state index is 0.00248. The van der Waals surface area contributed by atoms with Gasteiger partial charge in [-0.1, -0.05) is 23.7 Å². The number of thiophene rings is 1. The van der Waals surface area contributed by atoms with Crippen molar-refractivity contribution in [2.24, 2.45) is 0 Å². The number of hydrogen-bond donors (Lipinski definition) is 1. The second-order valence-electron chi connectivity index (χ2n) is 5.82. The largest absolute Gasteiger partial charge is 0.484 e. The van der Waals surface area contributed by atoms with Gasteiger partial charge in [-0.05, 0) is 55.6 Å². The maximum atomic E-state index is 12.1. The van der Waals surface area contributed by atoms with Crippen LogP contribution >= 0.6 is 22.9 Å². The Hall–Kier alpha value is -1.56. The lowest BCUT2D eigenvalue weighted by Crippen LogP contribution is -2.38. The van der Waals surface area contributed by atoms with Gasteiger partial charge in [-0.2, -0.15) is 0 Å². The molecular formula is C18H21ClN2O2S. The Kier molecular flexibility index (Phi) is 6.12. The van der Waals surface area contributed by atoms with Gasteiger partial charge in [-0.3, -0.25) is 9.69 Å². The summed E-state index contributed by atoms with van der Waals surface area (Å²) >= 11 is 7.65. The van der Waals surface area contributed by atoms with Crippen molar-refractivity contribution in [3.8, 4) is 5.75 Å². The van der Waals surface area contributed by atoms with Crippen LogP contribution in [0.5, 0.6) is 5.75 Å². The first-order valence-corrected chi connectivity index (χ1v) is 9.40. The van der Waals surface area contributed by atoms with E-state index < -0.39 is 0 Å². The van der Waals surface area contributed by atoms with Crippen LogP contribution in [0.3, 0.4) is 0 Å². The lowest BCUT2D eigenvalue weighted by molar-refractivity contribution is -0.123. The molecular weight excluding hydrogens is 344 g/mol. The molecule has 1 aliphatic rings. The molecule has 2 aromatic rings. The fourth-order valence-electron chi connectivity index (χ4n) is 2.91. The fraction of sp³-hybridized carbons (Fsp3) is 0.389. The average Bonchev–Trinajstić information content (AvgIpc) is 3.27. The van der Waals surface area contributed by atoms with Gasteiger partial charge >= 0.3 is 0 Å². The first-order valence-electron chi connectivity index (χ1n) is 8.15. The molecule has 128 valence electrons. The number of ether oxygens (including phenoxy) is 1. The van der Waals surface area contributed by atoms with E-state index in [-0.39, 0.29) is 18.6 Å². The van der Waals surface area contributed by atoms with Gasteiger partial charge in [0.2, 0.25) is 0 Å². The third-order valence-electron chi connectivity index (χ3n) is 4.11. The highest BCUT2D eigenvalue weighted by atomic mass is 35.5. The van der Waals surface area contributed by atoms with Gasteiger partial charge in [0.05, 0.1) is 6.04 Å². The van der Waals surface area contributed by atoms with Crippen molar-refractivity contribution in [1.29, 1.82) is 0 Å². The molecule has 0 saturated carbocycles. The number of hydrogen-bond acceptors (Lipinski definition) is 4. The smallest absolute Gasteiger partial charge is 0.258 e. The first-order chi connectivity index (χ1) is 11.7. The zero-order valence-corrected chi connectivity index (χ0v) is 15.0. The molecule has 1 aromatic heterocycles. The summed E-state index contributed by atoms with van der Waals surface area (Å²) in [4.78, 5) is 15.9.